The summed E-state index contributed by atoms with van der Waals surface area (Å²) in [4.78, 5) is 12.9. The van der Waals surface area contributed by atoms with Crippen molar-refractivity contribution in [1.29, 1.82) is 0 Å². The molecule has 2 aromatic carbocycles. The van der Waals surface area contributed by atoms with E-state index in [1.165, 1.54) is 28.9 Å². The van der Waals surface area contributed by atoms with Crippen LogP contribution in [0.25, 0.3) is 5.69 Å². The first kappa shape index (κ1) is 16.9. The molecule has 1 fully saturated rings. The molecule has 1 heterocycles. The Hall–Kier alpha value is -3.22. The summed E-state index contributed by atoms with van der Waals surface area (Å²) >= 11 is 0. The molecule has 1 amide bonds. The summed E-state index contributed by atoms with van der Waals surface area (Å²) in [7, 11) is 0. The molecule has 2 bridgehead atoms. The molecule has 5 rings (SSSR count). The Morgan fingerprint density at radius 3 is 2.61 bits per heavy atom. The van der Waals surface area contributed by atoms with E-state index >= 15 is 0 Å². The zero-order chi connectivity index (χ0) is 19.4. The number of fused-ring (bicyclic) bond motifs is 5. The van der Waals surface area contributed by atoms with Crippen LogP contribution in [0, 0.1) is 11.6 Å². The van der Waals surface area contributed by atoms with E-state index in [1.807, 2.05) is 0 Å². The number of amides is 1. The van der Waals surface area contributed by atoms with E-state index < -0.39 is 11.6 Å². The molecule has 5 nitrogen and oxygen atoms in total. The van der Waals surface area contributed by atoms with Crippen molar-refractivity contribution in [2.45, 2.75) is 31.1 Å². The minimum Gasteiger partial charge on any atom is -0.508 e. The quantitative estimate of drug-likeness (QED) is 0.658. The molecule has 0 saturated heterocycles. The van der Waals surface area contributed by atoms with E-state index in [0.717, 1.165) is 36.6 Å². The second kappa shape index (κ2) is 6.15. The van der Waals surface area contributed by atoms with Gasteiger partial charge in [-0.3, -0.25) is 4.79 Å². The number of aromatic nitrogens is 2. The van der Waals surface area contributed by atoms with Crippen molar-refractivity contribution in [1.82, 2.24) is 9.78 Å². The maximum Gasteiger partial charge on any atom is 0.276 e. The Balaban J connectivity index is 1.58. The van der Waals surface area contributed by atoms with Gasteiger partial charge in [0.2, 0.25) is 0 Å². The van der Waals surface area contributed by atoms with Crippen molar-refractivity contribution in [2.24, 2.45) is 0 Å². The molecule has 7 heteroatoms. The number of aromatic hydroxyl groups is 1. The number of phenols is 1. The number of anilines is 1. The van der Waals surface area contributed by atoms with Gasteiger partial charge in [0, 0.05) is 23.2 Å². The lowest BCUT2D eigenvalue weighted by Crippen LogP contribution is -2.15. The Bertz CT molecular complexity index is 1090. The highest BCUT2D eigenvalue weighted by Gasteiger charge is 2.44. The Morgan fingerprint density at radius 2 is 1.86 bits per heavy atom. The predicted molar refractivity (Wildman–Crippen MR) is 98.9 cm³/mol. The zero-order valence-electron chi connectivity index (χ0n) is 14.8. The highest BCUT2D eigenvalue weighted by Crippen LogP contribution is 2.54. The maximum absolute atomic E-state index is 14.4. The van der Waals surface area contributed by atoms with E-state index in [0.29, 0.717) is 5.69 Å². The number of halogens is 2. The molecule has 2 aliphatic rings. The van der Waals surface area contributed by atoms with Gasteiger partial charge in [0.05, 0.1) is 5.69 Å². The third-order valence-electron chi connectivity index (χ3n) is 5.66. The molecule has 142 valence electrons. The van der Waals surface area contributed by atoms with Crippen LogP contribution >= 0.6 is 0 Å². The largest absolute Gasteiger partial charge is 0.508 e. The summed E-state index contributed by atoms with van der Waals surface area (Å²) in [5.41, 5.74) is 2.68. The number of carbonyl (C=O) groups is 1. The molecular formula is C21H17F2N3O2. The zero-order valence-corrected chi connectivity index (χ0v) is 14.8. The Morgan fingerprint density at radius 1 is 1.11 bits per heavy atom. The maximum atomic E-state index is 14.4. The van der Waals surface area contributed by atoms with Crippen molar-refractivity contribution in [3.8, 4) is 11.4 Å². The standard InChI is InChI=1S/C21H17F2N3O2/c22-13-3-8-17(16(23)10-13)26-20-12-2-1-11(9-12)18(20)19(25-26)21(28)24-14-4-6-15(27)7-5-14/h3-8,10-12,27H,1-2,9H2,(H,24,28). The van der Waals surface area contributed by atoms with Crippen LogP contribution in [0.15, 0.2) is 42.5 Å². The van der Waals surface area contributed by atoms with Gasteiger partial charge in [-0.05, 0) is 61.6 Å². The predicted octanol–water partition coefficient (Wildman–Crippen LogP) is 4.47. The Kier molecular flexibility index (Phi) is 3.72. The smallest absolute Gasteiger partial charge is 0.276 e. The van der Waals surface area contributed by atoms with Gasteiger partial charge in [-0.2, -0.15) is 5.10 Å². The van der Waals surface area contributed by atoms with Crippen molar-refractivity contribution < 1.29 is 18.7 Å². The normalized spacial score (nSPS) is 19.6. The molecule has 2 N–H and O–H groups in total. The number of hydrogen-bond acceptors (Lipinski definition) is 3. The molecule has 28 heavy (non-hydrogen) atoms. The van der Waals surface area contributed by atoms with Crippen molar-refractivity contribution in [3.05, 3.63) is 71.1 Å². The SMILES string of the molecule is O=C(Nc1ccc(O)cc1)c1nn(-c2ccc(F)cc2F)c2c1C1CCC2C1. The number of nitrogens with zero attached hydrogens (tertiary/aromatic N) is 2. The highest BCUT2D eigenvalue weighted by atomic mass is 19.1. The van der Waals surface area contributed by atoms with E-state index in [2.05, 4.69) is 10.4 Å². The van der Waals surface area contributed by atoms with Gasteiger partial charge in [0.25, 0.3) is 5.91 Å². The fourth-order valence-electron chi connectivity index (χ4n) is 4.47. The molecule has 0 aliphatic heterocycles. The second-order valence-corrected chi connectivity index (χ2v) is 7.36. The number of nitrogens with one attached hydrogen (secondary N) is 1. The first-order valence-electron chi connectivity index (χ1n) is 9.20. The molecule has 3 aromatic rings. The third-order valence-corrected chi connectivity index (χ3v) is 5.66. The van der Waals surface area contributed by atoms with E-state index in [4.69, 9.17) is 0 Å². The van der Waals surface area contributed by atoms with E-state index in [-0.39, 0.29) is 34.9 Å². The highest BCUT2D eigenvalue weighted by molar-refractivity contribution is 6.04. The summed E-state index contributed by atoms with van der Waals surface area (Å²) in [6.07, 6.45) is 2.88. The van der Waals surface area contributed by atoms with Crippen LogP contribution < -0.4 is 5.32 Å². The summed E-state index contributed by atoms with van der Waals surface area (Å²) in [5.74, 6) is -1.18. The Labute approximate surface area is 159 Å². The summed E-state index contributed by atoms with van der Waals surface area (Å²) in [6, 6.07) is 9.52. The molecule has 0 radical (unpaired) electrons. The minimum atomic E-state index is -0.710. The molecule has 1 aromatic heterocycles. The van der Waals surface area contributed by atoms with Crippen LogP contribution in [-0.2, 0) is 0 Å². The second-order valence-electron chi connectivity index (χ2n) is 7.36. The lowest BCUT2D eigenvalue weighted by molar-refractivity contribution is 0.102. The van der Waals surface area contributed by atoms with Gasteiger partial charge in [-0.1, -0.05) is 0 Å². The van der Waals surface area contributed by atoms with Crippen LogP contribution in [0.1, 0.15) is 52.8 Å². The van der Waals surface area contributed by atoms with Crippen molar-refractivity contribution >= 4 is 11.6 Å². The first-order chi connectivity index (χ1) is 13.5. The first-order valence-corrected chi connectivity index (χ1v) is 9.20. The van der Waals surface area contributed by atoms with Crippen LogP contribution in [0.2, 0.25) is 0 Å². The fraction of sp³-hybridized carbons (Fsp3) is 0.238. The molecule has 2 unspecified atom stereocenters. The van der Waals surface area contributed by atoms with Crippen molar-refractivity contribution in [2.75, 3.05) is 5.32 Å². The fourth-order valence-corrected chi connectivity index (χ4v) is 4.47. The molecule has 1 saturated carbocycles. The van der Waals surface area contributed by atoms with Gasteiger partial charge in [-0.25, -0.2) is 13.5 Å². The average Bonchev–Trinajstić information content (AvgIpc) is 3.36. The molecule has 0 spiro atoms. The van der Waals surface area contributed by atoms with E-state index in [1.54, 1.807) is 12.1 Å². The van der Waals surface area contributed by atoms with Gasteiger partial charge < -0.3 is 10.4 Å². The van der Waals surface area contributed by atoms with E-state index in [9.17, 15) is 18.7 Å². The van der Waals surface area contributed by atoms with Crippen molar-refractivity contribution in [3.63, 3.8) is 0 Å². The lowest BCUT2D eigenvalue weighted by atomic mass is 9.95. The van der Waals surface area contributed by atoms with Gasteiger partial charge >= 0.3 is 0 Å². The molecule has 2 atom stereocenters. The van der Waals surface area contributed by atoms with Crippen LogP contribution in [0.5, 0.6) is 5.75 Å². The third kappa shape index (κ3) is 2.58. The monoisotopic (exact) mass is 381 g/mol. The van der Waals surface area contributed by atoms with Crippen LogP contribution in [-0.4, -0.2) is 20.8 Å². The summed E-state index contributed by atoms with van der Waals surface area (Å²) in [5, 5.41) is 16.6. The number of hydrogen-bond donors (Lipinski definition) is 2. The minimum absolute atomic E-state index is 0.104. The van der Waals surface area contributed by atoms with Gasteiger partial charge in [-0.15, -0.1) is 0 Å². The summed E-state index contributed by atoms with van der Waals surface area (Å²) in [6.45, 7) is 0. The van der Waals surface area contributed by atoms with Gasteiger partial charge in [0.1, 0.15) is 17.3 Å². The van der Waals surface area contributed by atoms with Crippen LogP contribution in [0.4, 0.5) is 14.5 Å². The van der Waals surface area contributed by atoms with Crippen LogP contribution in [0.3, 0.4) is 0 Å². The molecular weight excluding hydrogens is 364 g/mol. The van der Waals surface area contributed by atoms with Gasteiger partial charge in [0.15, 0.2) is 11.5 Å². The number of carbonyl (C=O) groups excluding carboxylic acids is 1. The number of phenolic OH excluding ortho intramolecular Hbond substituents is 1. The average molecular weight is 381 g/mol. The lowest BCUT2D eigenvalue weighted by Gasteiger charge is -2.14. The number of rotatable bonds is 3. The number of benzene rings is 2. The topological polar surface area (TPSA) is 67.2 Å². The molecule has 2 aliphatic carbocycles. The summed E-state index contributed by atoms with van der Waals surface area (Å²) < 4.78 is 29.2.